The first-order valence-corrected chi connectivity index (χ1v) is 13.1. The zero-order valence-electron chi connectivity index (χ0n) is 10.7. The number of thioether (sulfide) groups is 8. The van der Waals surface area contributed by atoms with Gasteiger partial charge in [0.1, 0.15) is 10.5 Å². The van der Waals surface area contributed by atoms with Gasteiger partial charge in [0, 0.05) is 11.5 Å². The fraction of sp³-hybridized carbons (Fsp3) is 0.333. The topological polar surface area (TPSA) is 47.6 Å². The molecule has 0 saturated carbocycles. The van der Waals surface area contributed by atoms with Crippen molar-refractivity contribution in [1.82, 2.24) is 0 Å². The maximum absolute atomic E-state index is 9.10. The van der Waals surface area contributed by atoms with Crippen LogP contribution in [-0.4, -0.2) is 22.0 Å². The Hall–Kier alpha value is 1.000. The summed E-state index contributed by atoms with van der Waals surface area (Å²) >= 11 is 14.4. The van der Waals surface area contributed by atoms with Crippen LogP contribution >= 0.6 is 94.1 Å². The Morgan fingerprint density at radius 3 is 1.45 bits per heavy atom. The van der Waals surface area contributed by atoms with E-state index >= 15 is 0 Å². The van der Waals surface area contributed by atoms with Crippen molar-refractivity contribution in [3.05, 3.63) is 25.4 Å². The summed E-state index contributed by atoms with van der Waals surface area (Å²) in [5.41, 5.74) is 0. The molecule has 0 aromatic carbocycles. The molecule has 0 amide bonds. The van der Waals surface area contributed by atoms with Crippen molar-refractivity contribution < 1.29 is 0 Å². The molecule has 2 nitrogen and oxygen atoms in total. The van der Waals surface area contributed by atoms with Crippen molar-refractivity contribution in [3.8, 4) is 12.1 Å². The second-order valence-corrected chi connectivity index (χ2v) is 14.3. The Morgan fingerprint density at radius 2 is 1.05 bits per heavy atom. The molecule has 0 fully saturated rings. The Labute approximate surface area is 162 Å². The number of hydrogen-bond acceptors (Lipinski definition) is 10. The number of nitriles is 2. The van der Waals surface area contributed by atoms with Crippen LogP contribution in [-0.2, 0) is 0 Å². The molecule has 4 rings (SSSR count). The van der Waals surface area contributed by atoms with Crippen LogP contribution in [0.2, 0.25) is 0 Å². The van der Waals surface area contributed by atoms with Gasteiger partial charge in [-0.05, 0) is 0 Å². The van der Waals surface area contributed by atoms with Crippen molar-refractivity contribution in [3.63, 3.8) is 0 Å². The maximum atomic E-state index is 9.10. The van der Waals surface area contributed by atoms with Crippen LogP contribution in [0, 0.1) is 22.7 Å². The van der Waals surface area contributed by atoms with E-state index in [1.165, 1.54) is 25.4 Å². The van der Waals surface area contributed by atoms with E-state index in [1.807, 2.05) is 70.6 Å². The molecular weight excluding hydrogens is 429 g/mol. The average molecular weight is 435 g/mol. The smallest absolute Gasteiger partial charge is 0.106 e. The standard InChI is InChI=1S/C12H6N2S8/c13-1-5-3-15-7-9(17-5)21-11(19-7)12-20-8-10(22-12)18-6(2-14)4-16-8/h5-6H,3-4H2/b12-11+. The average Bonchev–Trinajstić information content (AvgIpc) is 3.16. The van der Waals surface area contributed by atoms with Crippen molar-refractivity contribution in [2.45, 2.75) is 10.5 Å². The van der Waals surface area contributed by atoms with Gasteiger partial charge in [0.15, 0.2) is 0 Å². The van der Waals surface area contributed by atoms with Crippen molar-refractivity contribution in [2.75, 3.05) is 11.5 Å². The molecule has 22 heavy (non-hydrogen) atoms. The summed E-state index contributed by atoms with van der Waals surface area (Å²) in [7, 11) is 0. The predicted octanol–water partition coefficient (Wildman–Crippen LogP) is 6.07. The van der Waals surface area contributed by atoms with Crippen LogP contribution in [0.1, 0.15) is 0 Å². The summed E-state index contributed by atoms with van der Waals surface area (Å²) in [6.45, 7) is 0. The van der Waals surface area contributed by atoms with Gasteiger partial charge >= 0.3 is 0 Å². The molecule has 2 atom stereocenters. The Morgan fingerprint density at radius 1 is 0.636 bits per heavy atom. The van der Waals surface area contributed by atoms with E-state index < -0.39 is 0 Å². The summed E-state index contributed by atoms with van der Waals surface area (Å²) < 4.78 is 8.04. The first kappa shape index (κ1) is 16.5. The van der Waals surface area contributed by atoms with Gasteiger partial charge in [0.05, 0.1) is 37.6 Å². The number of hydrogen-bond donors (Lipinski definition) is 0. The molecule has 0 radical (unpaired) electrons. The predicted molar refractivity (Wildman–Crippen MR) is 110 cm³/mol. The van der Waals surface area contributed by atoms with Gasteiger partial charge in [-0.1, -0.05) is 70.6 Å². The minimum Gasteiger partial charge on any atom is -0.197 e. The van der Waals surface area contributed by atoms with Crippen LogP contribution in [0.4, 0.5) is 0 Å². The molecule has 0 spiro atoms. The largest absolute Gasteiger partial charge is 0.197 e. The van der Waals surface area contributed by atoms with Gasteiger partial charge in [0.25, 0.3) is 0 Å². The molecule has 0 aliphatic carbocycles. The molecule has 4 aliphatic rings. The number of nitrogens with zero attached hydrogens (tertiary/aromatic N) is 2. The van der Waals surface area contributed by atoms with Crippen LogP contribution in [0.15, 0.2) is 25.4 Å². The Bertz CT molecular complexity index is 650. The molecule has 10 heteroatoms. The summed E-state index contributed by atoms with van der Waals surface area (Å²) in [5, 5.41) is 18.4. The van der Waals surface area contributed by atoms with Gasteiger partial charge in [-0.25, -0.2) is 0 Å². The minimum atomic E-state index is 0.0823. The highest BCUT2D eigenvalue weighted by Gasteiger charge is 2.36. The lowest BCUT2D eigenvalue weighted by Gasteiger charge is -2.14. The van der Waals surface area contributed by atoms with Gasteiger partial charge in [-0.2, -0.15) is 10.5 Å². The normalized spacial score (nSPS) is 34.3. The molecule has 4 aliphatic heterocycles. The highest BCUT2D eigenvalue weighted by Crippen LogP contribution is 2.68. The van der Waals surface area contributed by atoms with Gasteiger partial charge in [-0.3, -0.25) is 0 Å². The van der Waals surface area contributed by atoms with Gasteiger partial charge in [0.2, 0.25) is 0 Å². The third kappa shape index (κ3) is 3.23. The van der Waals surface area contributed by atoms with Crippen molar-refractivity contribution in [2.24, 2.45) is 0 Å². The Balaban J connectivity index is 1.49. The monoisotopic (exact) mass is 434 g/mol. The SMILES string of the molecule is N#CC1CSC2=C(S/C(=C3\SC4=C(S3)SC(C#N)CS4)S2)S1. The summed E-state index contributed by atoms with van der Waals surface area (Å²) in [6.07, 6.45) is 0. The van der Waals surface area contributed by atoms with Crippen LogP contribution < -0.4 is 0 Å². The van der Waals surface area contributed by atoms with Crippen molar-refractivity contribution >= 4 is 94.1 Å². The molecule has 0 saturated heterocycles. The number of rotatable bonds is 0. The first-order chi connectivity index (χ1) is 10.8. The molecule has 0 bridgehead atoms. The van der Waals surface area contributed by atoms with E-state index in [0.29, 0.717) is 0 Å². The van der Waals surface area contributed by atoms with Crippen LogP contribution in [0.5, 0.6) is 0 Å². The van der Waals surface area contributed by atoms with Gasteiger partial charge < -0.3 is 0 Å². The fourth-order valence-corrected chi connectivity index (χ4v) is 14.1. The molecular formula is C12H6N2S8. The van der Waals surface area contributed by atoms with E-state index in [9.17, 15) is 0 Å². The van der Waals surface area contributed by atoms with Crippen LogP contribution in [0.25, 0.3) is 0 Å². The summed E-state index contributed by atoms with van der Waals surface area (Å²) in [5.74, 6) is 1.78. The Kier molecular flexibility index (Phi) is 5.30. The lowest BCUT2D eigenvalue weighted by Crippen LogP contribution is -2.05. The lowest BCUT2D eigenvalue weighted by atomic mass is 10.5. The quantitative estimate of drug-likeness (QED) is 0.449. The molecule has 112 valence electrons. The zero-order chi connectivity index (χ0) is 15.1. The maximum Gasteiger partial charge on any atom is 0.106 e. The highest BCUT2D eigenvalue weighted by molar-refractivity contribution is 8.45. The van der Waals surface area contributed by atoms with E-state index in [2.05, 4.69) is 12.1 Å². The molecule has 4 heterocycles. The second-order valence-electron chi connectivity index (χ2n) is 4.23. The summed E-state index contributed by atoms with van der Waals surface area (Å²) in [4.78, 5) is 0. The van der Waals surface area contributed by atoms with Crippen molar-refractivity contribution in [1.29, 1.82) is 10.5 Å². The summed E-state index contributed by atoms with van der Waals surface area (Å²) in [6, 6.07) is 4.73. The second kappa shape index (κ2) is 7.09. The lowest BCUT2D eigenvalue weighted by molar-refractivity contribution is 1.26. The first-order valence-electron chi connectivity index (χ1n) is 6.09. The van der Waals surface area contributed by atoms with E-state index in [0.717, 1.165) is 11.5 Å². The molecule has 0 aromatic heterocycles. The zero-order valence-corrected chi connectivity index (χ0v) is 17.3. The third-order valence-corrected chi connectivity index (χ3v) is 15.0. The molecule has 0 N–H and O–H groups in total. The molecule has 2 unspecified atom stereocenters. The highest BCUT2D eigenvalue weighted by atomic mass is 32.3. The minimum absolute atomic E-state index is 0.0823. The van der Waals surface area contributed by atoms with Gasteiger partial charge in [-0.15, -0.1) is 23.5 Å². The fourth-order valence-electron chi connectivity index (χ4n) is 1.79. The van der Waals surface area contributed by atoms with E-state index in [-0.39, 0.29) is 10.5 Å². The third-order valence-electron chi connectivity index (χ3n) is 2.76. The van der Waals surface area contributed by atoms with E-state index in [4.69, 9.17) is 10.5 Å². The van der Waals surface area contributed by atoms with Crippen LogP contribution in [0.3, 0.4) is 0 Å². The van der Waals surface area contributed by atoms with E-state index in [1.54, 1.807) is 23.5 Å². The molecule has 0 aromatic rings.